The van der Waals surface area contributed by atoms with Crippen LogP contribution < -0.4 is 16.4 Å². The zero-order valence-corrected chi connectivity index (χ0v) is 22.0. The molecule has 186 valence electrons. The first-order chi connectivity index (χ1) is 14.5. The summed E-state index contributed by atoms with van der Waals surface area (Å²) >= 11 is 0. The average molecular weight is 451 g/mol. The van der Waals surface area contributed by atoms with Crippen molar-refractivity contribution in [2.24, 2.45) is 17.6 Å². The molecule has 6 heteroatoms. The van der Waals surface area contributed by atoms with Crippen LogP contribution in [0, 0.1) is 11.8 Å². The number of nitrogens with zero attached hydrogens (tertiary/aromatic N) is 1. The molecule has 0 aliphatic carbocycles. The summed E-state index contributed by atoms with van der Waals surface area (Å²) in [5.41, 5.74) is 7.55. The zero-order valence-electron chi connectivity index (χ0n) is 22.0. The van der Waals surface area contributed by atoms with Crippen molar-refractivity contribution in [1.29, 1.82) is 0 Å². The Morgan fingerprint density at radius 2 is 1.12 bits per heavy atom. The van der Waals surface area contributed by atoms with Crippen molar-refractivity contribution >= 4 is 12.8 Å². The molecule has 0 spiro atoms. The highest BCUT2D eigenvalue weighted by Crippen LogP contribution is 2.48. The van der Waals surface area contributed by atoms with Gasteiger partial charge in [-0.05, 0) is 106 Å². The fourth-order valence-corrected chi connectivity index (χ4v) is 7.18. The number of hydrogen-bond donors (Lipinski definition) is 3. The van der Waals surface area contributed by atoms with E-state index in [1.54, 1.807) is 0 Å². The molecule has 2 saturated heterocycles. The lowest BCUT2D eigenvalue weighted by molar-refractivity contribution is -0.129. The Morgan fingerprint density at radius 1 is 0.750 bits per heavy atom. The van der Waals surface area contributed by atoms with Crippen molar-refractivity contribution in [3.05, 3.63) is 0 Å². The van der Waals surface area contributed by atoms with Crippen molar-refractivity contribution in [1.82, 2.24) is 15.5 Å². The third-order valence-electron chi connectivity index (χ3n) is 7.70. The van der Waals surface area contributed by atoms with Gasteiger partial charge in [0.1, 0.15) is 0 Å². The Hall–Kier alpha value is -0.980. The average Bonchev–Trinajstić information content (AvgIpc) is 2.59. The van der Waals surface area contributed by atoms with Gasteiger partial charge in [-0.1, -0.05) is 12.8 Å². The summed E-state index contributed by atoms with van der Waals surface area (Å²) in [5, 5.41) is 7.66. The second-order valence-corrected chi connectivity index (χ2v) is 13.4. The van der Waals surface area contributed by atoms with Gasteiger partial charge in [-0.3, -0.25) is 14.5 Å². The van der Waals surface area contributed by atoms with E-state index in [0.717, 1.165) is 51.4 Å². The second-order valence-electron chi connectivity index (χ2n) is 13.4. The highest BCUT2D eigenvalue weighted by molar-refractivity contribution is 5.68. The minimum Gasteiger partial charge on any atom is -0.325 e. The summed E-state index contributed by atoms with van der Waals surface area (Å²) in [5.74, 6) is 0.898. The minimum absolute atomic E-state index is 0.0589. The first kappa shape index (κ1) is 27.3. The molecular formula is C26H50N4O2. The van der Waals surface area contributed by atoms with Crippen LogP contribution in [0.1, 0.15) is 107 Å². The zero-order chi connectivity index (χ0) is 24.4. The van der Waals surface area contributed by atoms with Crippen molar-refractivity contribution in [2.75, 3.05) is 6.54 Å². The van der Waals surface area contributed by atoms with E-state index in [1.165, 1.54) is 4.90 Å². The lowest BCUT2D eigenvalue weighted by Gasteiger charge is -2.58. The Kier molecular flexibility index (Phi) is 8.28. The molecule has 2 rings (SSSR count). The Bertz CT molecular complexity index is 578. The number of carbonyl (C=O) groups excluding carboxylic acids is 2. The van der Waals surface area contributed by atoms with Crippen LogP contribution in [-0.2, 0) is 9.59 Å². The maximum atomic E-state index is 10.9. The predicted octanol–water partition coefficient (Wildman–Crippen LogP) is 3.97. The maximum absolute atomic E-state index is 10.9. The third-order valence-corrected chi connectivity index (χ3v) is 7.70. The fourth-order valence-electron chi connectivity index (χ4n) is 7.18. The summed E-state index contributed by atoms with van der Waals surface area (Å²) in [6, 6.07) is 0. The molecule has 2 aliphatic heterocycles. The molecule has 0 aromatic heterocycles. The summed E-state index contributed by atoms with van der Waals surface area (Å²) in [4.78, 5) is 22.9. The number of nitrogens with one attached hydrogen (secondary N) is 2. The lowest BCUT2D eigenvalue weighted by atomic mass is 9.57. The van der Waals surface area contributed by atoms with Crippen molar-refractivity contribution in [2.45, 2.75) is 134 Å². The van der Waals surface area contributed by atoms with Gasteiger partial charge in [-0.25, -0.2) is 0 Å². The molecule has 2 amide bonds. The van der Waals surface area contributed by atoms with Gasteiger partial charge in [0.05, 0.1) is 0 Å². The third kappa shape index (κ3) is 7.26. The molecule has 2 fully saturated rings. The van der Waals surface area contributed by atoms with Crippen LogP contribution in [0.4, 0.5) is 0 Å². The molecule has 0 aromatic carbocycles. The standard InChI is InChI=1S/C26H50N4O2/c1-22(2)14-20(15-23(3,4)28-22)26(27,12-10-9-11-13-30(18-31)19-32)21-16-24(5,6)29-25(7,8)17-21/h18-21,28-29H,9-17,27H2,1-8H3. The molecule has 0 radical (unpaired) electrons. The smallest absolute Gasteiger partial charge is 0.216 e. The molecule has 0 saturated carbocycles. The normalized spacial score (nSPS) is 25.3. The molecule has 32 heavy (non-hydrogen) atoms. The van der Waals surface area contributed by atoms with E-state index >= 15 is 0 Å². The van der Waals surface area contributed by atoms with Gasteiger partial charge in [0, 0.05) is 34.2 Å². The first-order valence-electron chi connectivity index (χ1n) is 12.6. The molecule has 0 unspecified atom stereocenters. The van der Waals surface area contributed by atoms with E-state index < -0.39 is 0 Å². The lowest BCUT2D eigenvalue weighted by Crippen LogP contribution is -2.68. The number of amides is 2. The van der Waals surface area contributed by atoms with Gasteiger partial charge in [0.2, 0.25) is 12.8 Å². The monoisotopic (exact) mass is 450 g/mol. The number of hydrogen-bond acceptors (Lipinski definition) is 5. The highest BCUT2D eigenvalue weighted by Gasteiger charge is 2.52. The van der Waals surface area contributed by atoms with Crippen LogP contribution in [0.2, 0.25) is 0 Å². The summed E-state index contributed by atoms with van der Waals surface area (Å²) < 4.78 is 0. The van der Waals surface area contributed by atoms with E-state index in [9.17, 15) is 9.59 Å². The molecule has 2 heterocycles. The number of unbranched alkanes of at least 4 members (excludes halogenated alkanes) is 2. The van der Waals surface area contributed by atoms with Crippen molar-refractivity contribution < 1.29 is 9.59 Å². The summed E-state index contributed by atoms with van der Waals surface area (Å²) in [6.45, 7) is 19.0. The van der Waals surface area contributed by atoms with Crippen LogP contribution in [-0.4, -0.2) is 52.0 Å². The highest BCUT2D eigenvalue weighted by atomic mass is 16.2. The van der Waals surface area contributed by atoms with E-state index in [-0.39, 0.29) is 27.7 Å². The molecule has 4 N–H and O–H groups in total. The quantitative estimate of drug-likeness (QED) is 0.346. The molecule has 0 bridgehead atoms. The number of piperidine rings is 2. The number of carbonyl (C=O) groups is 2. The Balaban J connectivity index is 2.24. The fraction of sp³-hybridized carbons (Fsp3) is 0.923. The van der Waals surface area contributed by atoms with Crippen LogP contribution >= 0.6 is 0 Å². The molecule has 0 atom stereocenters. The van der Waals surface area contributed by atoms with E-state index in [2.05, 4.69) is 66.0 Å². The van der Waals surface area contributed by atoms with E-state index in [1.807, 2.05) is 0 Å². The van der Waals surface area contributed by atoms with E-state index in [4.69, 9.17) is 5.73 Å². The molecule has 0 aromatic rings. The number of rotatable bonds is 10. The summed E-state index contributed by atoms with van der Waals surface area (Å²) in [6.07, 6.45) is 9.39. The van der Waals surface area contributed by atoms with Gasteiger partial charge < -0.3 is 16.4 Å². The van der Waals surface area contributed by atoms with Crippen molar-refractivity contribution in [3.63, 3.8) is 0 Å². The first-order valence-corrected chi connectivity index (χ1v) is 12.6. The minimum atomic E-state index is -0.234. The molecule has 6 nitrogen and oxygen atoms in total. The van der Waals surface area contributed by atoms with E-state index in [0.29, 0.717) is 31.2 Å². The van der Waals surface area contributed by atoms with Crippen molar-refractivity contribution in [3.8, 4) is 0 Å². The maximum Gasteiger partial charge on any atom is 0.216 e. The van der Waals surface area contributed by atoms with Crippen LogP contribution in [0.25, 0.3) is 0 Å². The van der Waals surface area contributed by atoms with Crippen LogP contribution in [0.15, 0.2) is 0 Å². The summed E-state index contributed by atoms with van der Waals surface area (Å²) in [7, 11) is 0. The molecule has 2 aliphatic rings. The van der Waals surface area contributed by atoms with Gasteiger partial charge >= 0.3 is 0 Å². The van der Waals surface area contributed by atoms with Crippen LogP contribution in [0.5, 0.6) is 0 Å². The Labute approximate surface area is 196 Å². The van der Waals surface area contributed by atoms with Gasteiger partial charge in [-0.2, -0.15) is 0 Å². The van der Waals surface area contributed by atoms with Gasteiger partial charge in [0.25, 0.3) is 0 Å². The topological polar surface area (TPSA) is 87.5 Å². The molecular weight excluding hydrogens is 400 g/mol. The number of imide groups is 1. The number of nitrogens with two attached hydrogens (primary N) is 1. The largest absolute Gasteiger partial charge is 0.325 e. The van der Waals surface area contributed by atoms with Crippen LogP contribution in [0.3, 0.4) is 0 Å². The van der Waals surface area contributed by atoms with Gasteiger partial charge in [0.15, 0.2) is 0 Å². The predicted molar refractivity (Wildman–Crippen MR) is 132 cm³/mol. The Morgan fingerprint density at radius 3 is 1.47 bits per heavy atom. The van der Waals surface area contributed by atoms with Gasteiger partial charge in [-0.15, -0.1) is 0 Å². The second kappa shape index (κ2) is 9.71. The SMILES string of the molecule is CC1(C)CC(C(N)(CCCCCN(C=O)C=O)C2CC(C)(C)NC(C)(C)C2)CC(C)(C)N1.